The van der Waals surface area contributed by atoms with Crippen molar-refractivity contribution in [2.45, 2.75) is 46.0 Å². The topological polar surface area (TPSA) is 77.0 Å². The molecule has 0 aliphatic carbocycles. The van der Waals surface area contributed by atoms with Crippen LogP contribution in [0.1, 0.15) is 46.0 Å². The van der Waals surface area contributed by atoms with Gasteiger partial charge in [-0.1, -0.05) is 20.3 Å². The van der Waals surface area contributed by atoms with Crippen LogP contribution in [0.25, 0.3) is 0 Å². The molecule has 0 radical (unpaired) electrons. The minimum Gasteiger partial charge on any atom is -0.356 e. The summed E-state index contributed by atoms with van der Waals surface area (Å²) in [7, 11) is 1.78. The molecule has 2 N–H and O–H groups in total. The second-order valence-corrected chi connectivity index (χ2v) is 8.57. The number of nitrogens with zero attached hydrogens (tertiary/aromatic N) is 3. The van der Waals surface area contributed by atoms with Gasteiger partial charge >= 0.3 is 0 Å². The fourth-order valence-electron chi connectivity index (χ4n) is 3.12. The van der Waals surface area contributed by atoms with E-state index < -0.39 is 0 Å². The van der Waals surface area contributed by atoms with Crippen molar-refractivity contribution >= 4 is 29.5 Å². The summed E-state index contributed by atoms with van der Waals surface area (Å²) in [5.74, 6) is 2.72. The molecule has 0 bridgehead atoms. The third kappa shape index (κ3) is 10.2. The van der Waals surface area contributed by atoms with Crippen LogP contribution < -0.4 is 10.6 Å². The molecule has 0 aromatic carbocycles. The minimum absolute atomic E-state index is 0.215. The van der Waals surface area contributed by atoms with Crippen LogP contribution in [0, 0.1) is 5.92 Å². The second-order valence-electron chi connectivity index (χ2n) is 7.59. The zero-order valence-corrected chi connectivity index (χ0v) is 18.9. The van der Waals surface area contributed by atoms with E-state index in [0.717, 1.165) is 44.1 Å². The maximum atomic E-state index is 12.4. The van der Waals surface area contributed by atoms with Gasteiger partial charge in [-0.25, -0.2) is 0 Å². The van der Waals surface area contributed by atoms with Gasteiger partial charge in [-0.3, -0.25) is 14.6 Å². The van der Waals surface area contributed by atoms with Crippen molar-refractivity contribution < 1.29 is 9.59 Å². The SMILES string of the molecule is CN=C(NCCCCCC(=O)N1CCN(C(=O)CC(C)C)CC1)NCCSC. The molecular weight excluding hydrogens is 374 g/mol. The number of nitrogens with one attached hydrogen (secondary N) is 2. The van der Waals surface area contributed by atoms with E-state index in [1.165, 1.54) is 0 Å². The Morgan fingerprint density at radius 2 is 1.57 bits per heavy atom. The fourth-order valence-corrected chi connectivity index (χ4v) is 3.42. The van der Waals surface area contributed by atoms with E-state index in [-0.39, 0.29) is 11.8 Å². The number of carbonyl (C=O) groups excluding carboxylic acids is 2. The Bertz CT molecular complexity index is 491. The summed E-state index contributed by atoms with van der Waals surface area (Å²) in [5, 5.41) is 6.58. The molecule has 162 valence electrons. The summed E-state index contributed by atoms with van der Waals surface area (Å²) in [4.78, 5) is 32.5. The molecule has 0 unspecified atom stereocenters. The van der Waals surface area contributed by atoms with Gasteiger partial charge in [0, 0.05) is 64.9 Å². The molecule has 0 atom stereocenters. The summed E-state index contributed by atoms with van der Waals surface area (Å²) < 4.78 is 0. The van der Waals surface area contributed by atoms with Crippen LogP contribution in [0.3, 0.4) is 0 Å². The van der Waals surface area contributed by atoms with E-state index in [1.807, 2.05) is 9.80 Å². The van der Waals surface area contributed by atoms with E-state index in [4.69, 9.17) is 0 Å². The zero-order valence-electron chi connectivity index (χ0n) is 18.1. The first-order valence-electron chi connectivity index (χ1n) is 10.5. The van der Waals surface area contributed by atoms with Gasteiger partial charge in [0.25, 0.3) is 0 Å². The normalized spacial score (nSPS) is 15.1. The quantitative estimate of drug-likeness (QED) is 0.307. The van der Waals surface area contributed by atoms with Gasteiger partial charge in [0.15, 0.2) is 5.96 Å². The zero-order chi connectivity index (χ0) is 20.8. The average Bonchev–Trinajstić information content (AvgIpc) is 2.68. The summed E-state index contributed by atoms with van der Waals surface area (Å²) in [6, 6.07) is 0. The highest BCUT2D eigenvalue weighted by molar-refractivity contribution is 7.98. The number of thioether (sulfide) groups is 1. The van der Waals surface area contributed by atoms with Crippen molar-refractivity contribution in [3.63, 3.8) is 0 Å². The average molecular weight is 414 g/mol. The highest BCUT2D eigenvalue weighted by Gasteiger charge is 2.23. The predicted octanol–water partition coefficient (Wildman–Crippen LogP) is 1.79. The van der Waals surface area contributed by atoms with E-state index in [2.05, 4.69) is 35.7 Å². The molecule has 8 heteroatoms. The molecule has 0 aromatic heterocycles. The lowest BCUT2D eigenvalue weighted by Crippen LogP contribution is -2.50. The van der Waals surface area contributed by atoms with Crippen molar-refractivity contribution in [2.24, 2.45) is 10.9 Å². The van der Waals surface area contributed by atoms with Gasteiger partial charge in [-0.05, 0) is 25.0 Å². The predicted molar refractivity (Wildman–Crippen MR) is 119 cm³/mol. The molecule has 1 fully saturated rings. The molecule has 1 aliphatic heterocycles. The lowest BCUT2D eigenvalue weighted by atomic mass is 10.1. The van der Waals surface area contributed by atoms with E-state index in [1.54, 1.807) is 18.8 Å². The summed E-state index contributed by atoms with van der Waals surface area (Å²) in [5.41, 5.74) is 0. The highest BCUT2D eigenvalue weighted by Crippen LogP contribution is 2.10. The first kappa shape index (κ1) is 24.6. The van der Waals surface area contributed by atoms with Gasteiger partial charge in [0.2, 0.25) is 11.8 Å². The first-order chi connectivity index (χ1) is 13.5. The molecule has 7 nitrogen and oxygen atoms in total. The molecular formula is C20H39N5O2S. The number of hydrogen-bond acceptors (Lipinski definition) is 4. The number of aliphatic imine (C=N–C) groups is 1. The lowest BCUT2D eigenvalue weighted by molar-refractivity contribution is -0.140. The highest BCUT2D eigenvalue weighted by atomic mass is 32.2. The number of unbranched alkanes of at least 4 members (excludes halogenated alkanes) is 2. The molecule has 0 saturated carbocycles. The smallest absolute Gasteiger partial charge is 0.222 e. The molecule has 1 rings (SSSR count). The minimum atomic E-state index is 0.215. The van der Waals surface area contributed by atoms with E-state index in [9.17, 15) is 9.59 Å². The molecule has 0 aromatic rings. The summed E-state index contributed by atoms with van der Waals surface area (Å²) in [6.45, 7) is 8.57. The number of hydrogen-bond donors (Lipinski definition) is 2. The Labute approximate surface area is 175 Å². The Morgan fingerprint density at radius 3 is 2.14 bits per heavy atom. The standard InChI is InChI=1S/C20H39N5O2S/c1-17(2)16-19(27)25-13-11-24(12-14-25)18(26)8-6-5-7-9-22-20(21-3)23-10-15-28-4/h17H,5-16H2,1-4H3,(H2,21,22,23). The Hall–Kier alpha value is -1.44. The van der Waals surface area contributed by atoms with Crippen LogP contribution in [0.15, 0.2) is 4.99 Å². The molecule has 1 heterocycles. The summed E-state index contributed by atoms with van der Waals surface area (Å²) in [6.07, 6.45) is 6.23. The van der Waals surface area contributed by atoms with Gasteiger partial charge in [0.05, 0.1) is 0 Å². The maximum Gasteiger partial charge on any atom is 0.222 e. The summed E-state index contributed by atoms with van der Waals surface area (Å²) >= 11 is 1.81. The Kier molecular flexibility index (Phi) is 12.8. The second kappa shape index (κ2) is 14.5. The van der Waals surface area contributed by atoms with Gasteiger partial charge < -0.3 is 20.4 Å². The van der Waals surface area contributed by atoms with Crippen molar-refractivity contribution in [1.29, 1.82) is 0 Å². The Morgan fingerprint density at radius 1 is 0.964 bits per heavy atom. The largest absolute Gasteiger partial charge is 0.356 e. The van der Waals surface area contributed by atoms with Crippen molar-refractivity contribution in [3.8, 4) is 0 Å². The van der Waals surface area contributed by atoms with E-state index >= 15 is 0 Å². The Balaban J connectivity index is 2.10. The van der Waals surface area contributed by atoms with Gasteiger partial charge in [-0.2, -0.15) is 11.8 Å². The van der Waals surface area contributed by atoms with Crippen molar-refractivity contribution in [2.75, 3.05) is 58.3 Å². The maximum absolute atomic E-state index is 12.4. The molecule has 1 aliphatic rings. The number of piperazine rings is 1. The van der Waals surface area contributed by atoms with Crippen LogP contribution in [0.2, 0.25) is 0 Å². The number of carbonyl (C=O) groups is 2. The van der Waals surface area contributed by atoms with Gasteiger partial charge in [0.1, 0.15) is 0 Å². The number of amides is 2. The monoisotopic (exact) mass is 413 g/mol. The van der Waals surface area contributed by atoms with E-state index in [0.29, 0.717) is 44.9 Å². The lowest BCUT2D eigenvalue weighted by Gasteiger charge is -2.35. The van der Waals surface area contributed by atoms with Crippen LogP contribution in [-0.2, 0) is 9.59 Å². The molecule has 0 spiro atoms. The first-order valence-corrected chi connectivity index (χ1v) is 11.9. The van der Waals surface area contributed by atoms with Crippen molar-refractivity contribution in [3.05, 3.63) is 0 Å². The van der Waals surface area contributed by atoms with Crippen LogP contribution >= 0.6 is 11.8 Å². The molecule has 1 saturated heterocycles. The van der Waals surface area contributed by atoms with Crippen LogP contribution in [0.5, 0.6) is 0 Å². The number of guanidine groups is 1. The van der Waals surface area contributed by atoms with Crippen LogP contribution in [-0.4, -0.2) is 85.9 Å². The third-order valence-corrected chi connectivity index (χ3v) is 5.36. The van der Waals surface area contributed by atoms with Crippen molar-refractivity contribution in [1.82, 2.24) is 20.4 Å². The number of rotatable bonds is 11. The molecule has 2 amide bonds. The fraction of sp³-hybridized carbons (Fsp3) is 0.850. The third-order valence-electron chi connectivity index (χ3n) is 4.75. The molecule has 28 heavy (non-hydrogen) atoms. The van der Waals surface area contributed by atoms with Gasteiger partial charge in [-0.15, -0.1) is 0 Å². The van der Waals surface area contributed by atoms with Crippen LogP contribution in [0.4, 0.5) is 0 Å².